The van der Waals surface area contributed by atoms with Gasteiger partial charge in [0.15, 0.2) is 0 Å². The van der Waals surface area contributed by atoms with E-state index in [1.165, 1.54) is 0 Å². The third kappa shape index (κ3) is 6.50. The van der Waals surface area contributed by atoms with Gasteiger partial charge in [-0.25, -0.2) is 4.98 Å². The summed E-state index contributed by atoms with van der Waals surface area (Å²) in [5, 5.41) is 13.2. The second-order valence-electron chi connectivity index (χ2n) is 17.0. The molecule has 4 heterocycles. The number of benzene rings is 8. The molecular weight excluding hydrogens is 811 g/mol. The van der Waals surface area contributed by atoms with E-state index >= 15 is 0 Å². The Bertz CT molecular complexity index is 4380. The maximum atomic E-state index is 9.87. The molecule has 0 aliphatic rings. The molecule has 0 radical (unpaired) electrons. The number of nitriles is 1. The average Bonchev–Trinajstić information content (AvgIpc) is 4.21. The number of hydrogen-bond acceptors (Lipinski definition) is 4. The topological polar surface area (TPSA) is 72.8 Å². The SMILES string of the molecule is [2H]c1c([2H])c([2H])c(-c2cccc(-c3c([2H])c([2H])c([2H])c([2H])c3[2H])c2-[n+]2[c-]n(-c3cccc(Oc4ccc5c6cc(C#N)ccc6n(-c6cc(C(C)(C)C)ccn6)c5c4)c3)c3cc4oc5ccccc5c4cc32)c([2H])c1[2H]. The zero-order chi connectivity index (χ0) is 53.2. The molecule has 0 fully saturated rings. The van der Waals surface area contributed by atoms with Crippen molar-refractivity contribution in [3.63, 3.8) is 0 Å². The van der Waals surface area contributed by atoms with Gasteiger partial charge in [-0.15, -0.1) is 0 Å². The van der Waals surface area contributed by atoms with E-state index in [9.17, 15) is 5.26 Å². The lowest BCUT2D eigenvalue weighted by Crippen LogP contribution is -2.31. The van der Waals surface area contributed by atoms with Crippen molar-refractivity contribution in [1.82, 2.24) is 14.1 Å². The molecule has 8 aromatic carbocycles. The van der Waals surface area contributed by atoms with Crippen molar-refractivity contribution in [1.29, 1.82) is 5.26 Å². The number of para-hydroxylation sites is 2. The minimum absolute atomic E-state index is 0.118. The molecule has 0 saturated carbocycles. The van der Waals surface area contributed by atoms with Crippen LogP contribution in [0, 0.1) is 17.7 Å². The van der Waals surface area contributed by atoms with Gasteiger partial charge in [-0.1, -0.05) is 124 Å². The zero-order valence-corrected chi connectivity index (χ0v) is 35.8. The molecule has 0 unspecified atom stereocenters. The van der Waals surface area contributed by atoms with Gasteiger partial charge in [-0.2, -0.15) is 5.26 Å². The van der Waals surface area contributed by atoms with Crippen molar-refractivity contribution in [3.05, 3.63) is 211 Å². The first-order valence-electron chi connectivity index (χ1n) is 26.3. The Morgan fingerprint density at radius 2 is 1.39 bits per heavy atom. The first-order valence-corrected chi connectivity index (χ1v) is 21.3. The smallest absolute Gasteiger partial charge is 0.269 e. The lowest BCUT2D eigenvalue weighted by molar-refractivity contribution is -0.571. The zero-order valence-electron chi connectivity index (χ0n) is 45.8. The van der Waals surface area contributed by atoms with E-state index in [0.29, 0.717) is 50.8 Å². The fourth-order valence-electron chi connectivity index (χ4n) is 8.85. The number of imidazole rings is 1. The minimum Gasteiger partial charge on any atom is -0.458 e. The Hall–Kier alpha value is -8.73. The van der Waals surface area contributed by atoms with Gasteiger partial charge in [0.1, 0.15) is 28.5 Å². The summed E-state index contributed by atoms with van der Waals surface area (Å²) in [6.07, 6.45) is 5.30. The van der Waals surface area contributed by atoms with Crippen LogP contribution in [0.25, 0.3) is 94.2 Å². The molecule has 0 bridgehead atoms. The molecule has 12 aromatic rings. The highest BCUT2D eigenvalue weighted by atomic mass is 16.5. The van der Waals surface area contributed by atoms with Gasteiger partial charge >= 0.3 is 0 Å². The number of pyridine rings is 1. The van der Waals surface area contributed by atoms with Crippen molar-refractivity contribution in [2.75, 3.05) is 0 Å². The van der Waals surface area contributed by atoms with E-state index in [2.05, 4.69) is 43.8 Å². The lowest BCUT2D eigenvalue weighted by Gasteiger charge is -2.20. The Morgan fingerprint density at radius 3 is 2.15 bits per heavy atom. The Kier molecular flexibility index (Phi) is 6.83. The number of fused-ring (bicyclic) bond motifs is 7. The van der Waals surface area contributed by atoms with Crippen molar-refractivity contribution >= 4 is 54.8 Å². The first kappa shape index (κ1) is 29.6. The van der Waals surface area contributed by atoms with E-state index in [4.69, 9.17) is 27.8 Å². The summed E-state index contributed by atoms with van der Waals surface area (Å²) in [6.45, 7) is 6.45. The van der Waals surface area contributed by atoms with E-state index in [1.54, 1.807) is 39.6 Å². The molecular formula is C59H41N5O2. The third-order valence-electron chi connectivity index (χ3n) is 12.0. The lowest BCUT2D eigenvalue weighted by atomic mass is 9.88. The van der Waals surface area contributed by atoms with E-state index in [-0.39, 0.29) is 33.4 Å². The van der Waals surface area contributed by atoms with Crippen LogP contribution < -0.4 is 9.30 Å². The molecule has 0 atom stereocenters. The fraction of sp³-hybridized carbons (Fsp3) is 0.0678. The Balaban J connectivity index is 1.09. The molecule has 0 N–H and O–H groups in total. The second kappa shape index (κ2) is 15.2. The molecule has 4 aromatic heterocycles. The van der Waals surface area contributed by atoms with Gasteiger partial charge in [0.2, 0.25) is 0 Å². The molecule has 7 heteroatoms. The monoisotopic (exact) mass is 861 g/mol. The van der Waals surface area contributed by atoms with Crippen LogP contribution in [-0.2, 0) is 5.41 Å². The number of furan rings is 1. The van der Waals surface area contributed by atoms with E-state index in [0.717, 1.165) is 38.1 Å². The summed E-state index contributed by atoms with van der Waals surface area (Å²) in [4.78, 5) is 4.82. The summed E-state index contributed by atoms with van der Waals surface area (Å²) < 4.78 is 107. The number of hydrogen-bond donors (Lipinski definition) is 0. The number of rotatable bonds is 7. The molecule has 12 rings (SSSR count). The number of aromatic nitrogens is 4. The molecule has 66 heavy (non-hydrogen) atoms. The maximum Gasteiger partial charge on any atom is 0.269 e. The van der Waals surface area contributed by atoms with Crippen molar-refractivity contribution < 1.29 is 27.4 Å². The van der Waals surface area contributed by atoms with Crippen LogP contribution >= 0.6 is 0 Å². The highest BCUT2D eigenvalue weighted by Gasteiger charge is 2.23. The Morgan fingerprint density at radius 1 is 0.652 bits per heavy atom. The van der Waals surface area contributed by atoms with E-state index in [1.807, 2.05) is 97.1 Å². The number of nitrogens with zero attached hydrogens (tertiary/aromatic N) is 5. The summed E-state index contributed by atoms with van der Waals surface area (Å²) in [5.74, 6) is 1.67. The first-order chi connectivity index (χ1) is 36.4. The van der Waals surface area contributed by atoms with Crippen LogP contribution in [0.5, 0.6) is 11.5 Å². The Labute approximate surface area is 395 Å². The van der Waals surface area contributed by atoms with Gasteiger partial charge in [0.25, 0.3) is 6.33 Å². The molecule has 314 valence electrons. The minimum atomic E-state index is -0.589. The standard InChI is InChI=1S/C59H41N5O2/c1-59(2,3)41-28-29-61-57(31-41)64-51-27-24-38(36-60)30-49(51)47-26-25-44(33-52(47)64)65-43-19-12-18-42(32-43)62-37-63(53-34-50-48-20-10-11-23-55(48)66-56(50)35-54(53)62)58-45(39-14-6-4-7-15-39)21-13-22-46(58)40-16-8-5-9-17-40/h4-35H,1-3H3/i4D,5D,6D,7D,8D,9D,14D,15D,16D,17D. The molecule has 0 aliphatic carbocycles. The number of ether oxygens (including phenoxy) is 1. The van der Waals surface area contributed by atoms with Gasteiger partial charge < -0.3 is 9.15 Å². The van der Waals surface area contributed by atoms with Crippen LogP contribution in [0.2, 0.25) is 0 Å². The molecule has 0 amide bonds. The summed E-state index contributed by atoms with van der Waals surface area (Å²) in [6, 6.07) is 35.7. The summed E-state index contributed by atoms with van der Waals surface area (Å²) in [5.41, 5.74) is 5.96. The van der Waals surface area contributed by atoms with Crippen LogP contribution in [0.15, 0.2) is 198 Å². The molecule has 7 nitrogen and oxygen atoms in total. The average molecular weight is 862 g/mol. The predicted octanol–water partition coefficient (Wildman–Crippen LogP) is 14.4. The van der Waals surface area contributed by atoms with Crippen LogP contribution in [0.1, 0.15) is 45.6 Å². The maximum absolute atomic E-state index is 9.87. The van der Waals surface area contributed by atoms with Gasteiger partial charge in [-0.05, 0) is 112 Å². The largest absolute Gasteiger partial charge is 0.458 e. The van der Waals surface area contributed by atoms with E-state index < -0.39 is 60.4 Å². The third-order valence-corrected chi connectivity index (χ3v) is 12.0. The predicted molar refractivity (Wildman–Crippen MR) is 264 cm³/mol. The van der Waals surface area contributed by atoms with Crippen molar-refractivity contribution in [3.8, 4) is 57.0 Å². The second-order valence-corrected chi connectivity index (χ2v) is 17.0. The highest BCUT2D eigenvalue weighted by Crippen LogP contribution is 2.39. The van der Waals surface area contributed by atoms with Gasteiger partial charge in [0, 0.05) is 33.8 Å². The van der Waals surface area contributed by atoms with Gasteiger partial charge in [-0.3, -0.25) is 13.7 Å². The van der Waals surface area contributed by atoms with Crippen molar-refractivity contribution in [2.45, 2.75) is 26.2 Å². The normalized spacial score (nSPS) is 14.0. The van der Waals surface area contributed by atoms with Crippen LogP contribution in [0.3, 0.4) is 0 Å². The molecule has 0 aliphatic heterocycles. The molecule has 0 spiro atoms. The van der Waals surface area contributed by atoms with Crippen molar-refractivity contribution in [2.24, 2.45) is 0 Å². The summed E-state index contributed by atoms with van der Waals surface area (Å²) in [7, 11) is 0. The van der Waals surface area contributed by atoms with Gasteiger partial charge in [0.05, 0.1) is 58.8 Å². The quantitative estimate of drug-likeness (QED) is 0.118. The van der Waals surface area contributed by atoms with Crippen LogP contribution in [0.4, 0.5) is 0 Å². The summed E-state index contributed by atoms with van der Waals surface area (Å²) >= 11 is 0. The molecule has 0 saturated heterocycles. The van der Waals surface area contributed by atoms with Crippen LogP contribution in [-0.4, -0.2) is 14.1 Å². The highest BCUT2D eigenvalue weighted by molar-refractivity contribution is 6.10. The fourth-order valence-corrected chi connectivity index (χ4v) is 8.85.